The van der Waals surface area contributed by atoms with Crippen LogP contribution in [0.1, 0.15) is 34.6 Å². The van der Waals surface area contributed by atoms with Crippen LogP contribution in [0.3, 0.4) is 0 Å². The van der Waals surface area contributed by atoms with E-state index in [9.17, 15) is 0 Å². The highest BCUT2D eigenvalue weighted by Crippen LogP contribution is 2.01. The summed E-state index contributed by atoms with van der Waals surface area (Å²) >= 11 is 0. The Labute approximate surface area is 71.1 Å². The number of hydrogen-bond donors (Lipinski definition) is 0. The highest BCUT2D eigenvalue weighted by atomic mass is 15.1. The molecular weight excluding hydrogens is 134 g/mol. The summed E-state index contributed by atoms with van der Waals surface area (Å²) in [6.07, 6.45) is 4.44. The first kappa shape index (κ1) is 10.5. The van der Waals surface area contributed by atoms with E-state index in [2.05, 4.69) is 51.8 Å². The molecule has 0 aliphatic heterocycles. The number of allylic oxidation sites excluding steroid dienone is 1. The largest absolute Gasteiger partial charge is 0.376 e. The summed E-state index contributed by atoms with van der Waals surface area (Å²) in [5.74, 6) is 0.655. The molecular formula is C10H21N. The minimum Gasteiger partial charge on any atom is -0.376 e. The van der Waals surface area contributed by atoms with Gasteiger partial charge in [0.1, 0.15) is 0 Å². The molecule has 0 heterocycles. The summed E-state index contributed by atoms with van der Waals surface area (Å²) in [5.41, 5.74) is 0. The van der Waals surface area contributed by atoms with Gasteiger partial charge in [-0.15, -0.1) is 0 Å². The fourth-order valence-corrected chi connectivity index (χ4v) is 0.925. The maximum absolute atomic E-state index is 2.33. The van der Waals surface area contributed by atoms with Crippen LogP contribution in [0.15, 0.2) is 12.3 Å². The molecule has 0 unspecified atom stereocenters. The molecule has 0 saturated heterocycles. The summed E-state index contributed by atoms with van der Waals surface area (Å²) in [5, 5.41) is 0. The molecule has 0 aliphatic rings. The maximum Gasteiger partial charge on any atom is 0.0227 e. The van der Waals surface area contributed by atoms with Crippen LogP contribution in [-0.2, 0) is 0 Å². The Balaban J connectivity index is 3.87. The van der Waals surface area contributed by atoms with Gasteiger partial charge in [-0.3, -0.25) is 0 Å². The van der Waals surface area contributed by atoms with Crippen LogP contribution in [0.2, 0.25) is 0 Å². The van der Waals surface area contributed by atoms with Crippen LogP contribution in [0.5, 0.6) is 0 Å². The van der Waals surface area contributed by atoms with E-state index in [1.54, 1.807) is 0 Å². The quantitative estimate of drug-likeness (QED) is 0.603. The second-order valence-electron chi connectivity index (χ2n) is 3.51. The van der Waals surface area contributed by atoms with Gasteiger partial charge in [0.15, 0.2) is 0 Å². The molecule has 0 rings (SSSR count). The second-order valence-corrected chi connectivity index (χ2v) is 3.51. The van der Waals surface area contributed by atoms with Crippen LogP contribution in [0, 0.1) is 5.92 Å². The number of hydrogen-bond acceptors (Lipinski definition) is 1. The van der Waals surface area contributed by atoms with Gasteiger partial charge in [-0.1, -0.05) is 19.9 Å². The van der Waals surface area contributed by atoms with Crippen molar-refractivity contribution in [1.82, 2.24) is 4.90 Å². The van der Waals surface area contributed by atoms with Crippen molar-refractivity contribution in [2.45, 2.75) is 40.7 Å². The van der Waals surface area contributed by atoms with Crippen LogP contribution < -0.4 is 0 Å². The van der Waals surface area contributed by atoms with Gasteiger partial charge in [0.25, 0.3) is 0 Å². The minimum atomic E-state index is 0.620. The second kappa shape index (κ2) is 5.22. The number of rotatable bonds is 4. The van der Waals surface area contributed by atoms with E-state index in [4.69, 9.17) is 0 Å². The van der Waals surface area contributed by atoms with Gasteiger partial charge in [0.05, 0.1) is 0 Å². The summed E-state index contributed by atoms with van der Waals surface area (Å²) < 4.78 is 0. The topological polar surface area (TPSA) is 3.24 Å². The Hall–Kier alpha value is -0.460. The average molecular weight is 155 g/mol. The lowest BCUT2D eigenvalue weighted by Crippen LogP contribution is -2.24. The van der Waals surface area contributed by atoms with Crippen molar-refractivity contribution >= 4 is 0 Å². The molecule has 0 fully saturated rings. The lowest BCUT2D eigenvalue weighted by atomic mass is 10.2. The van der Waals surface area contributed by atoms with Crippen molar-refractivity contribution in [3.63, 3.8) is 0 Å². The van der Waals surface area contributed by atoms with E-state index in [1.807, 2.05) is 0 Å². The van der Waals surface area contributed by atoms with E-state index < -0.39 is 0 Å². The lowest BCUT2D eigenvalue weighted by Gasteiger charge is -2.22. The molecule has 11 heavy (non-hydrogen) atoms. The zero-order chi connectivity index (χ0) is 8.85. The highest BCUT2D eigenvalue weighted by Gasteiger charge is 1.99. The first-order valence-electron chi connectivity index (χ1n) is 4.52. The molecule has 0 aromatic heterocycles. The van der Waals surface area contributed by atoms with Crippen molar-refractivity contribution in [3.8, 4) is 0 Å². The fraction of sp³-hybridized carbons (Fsp3) is 0.800. The summed E-state index contributed by atoms with van der Waals surface area (Å²) in [6.45, 7) is 12.1. The maximum atomic E-state index is 2.33. The Bertz CT molecular complexity index is 114. The van der Waals surface area contributed by atoms with Crippen LogP contribution in [0.25, 0.3) is 0 Å². The summed E-state index contributed by atoms with van der Waals surface area (Å²) in [4.78, 5) is 2.33. The number of nitrogens with zero attached hydrogens (tertiary/aromatic N) is 1. The first-order valence-corrected chi connectivity index (χ1v) is 4.52. The van der Waals surface area contributed by atoms with E-state index in [-0.39, 0.29) is 0 Å². The van der Waals surface area contributed by atoms with Crippen molar-refractivity contribution in [2.75, 3.05) is 6.54 Å². The highest BCUT2D eigenvalue weighted by molar-refractivity contribution is 4.85. The molecule has 0 saturated carbocycles. The molecule has 66 valence electrons. The lowest BCUT2D eigenvalue weighted by molar-refractivity contribution is 0.325. The van der Waals surface area contributed by atoms with E-state index >= 15 is 0 Å². The molecule has 0 aromatic rings. The normalized spacial score (nSPS) is 11.9. The molecule has 1 heteroatoms. The van der Waals surface area contributed by atoms with Gasteiger partial charge in [0, 0.05) is 12.6 Å². The van der Waals surface area contributed by atoms with Gasteiger partial charge in [-0.25, -0.2) is 0 Å². The third-order valence-electron chi connectivity index (χ3n) is 1.69. The summed E-state index contributed by atoms with van der Waals surface area (Å²) in [7, 11) is 0. The van der Waals surface area contributed by atoms with Crippen molar-refractivity contribution < 1.29 is 0 Å². The third-order valence-corrected chi connectivity index (χ3v) is 1.69. The van der Waals surface area contributed by atoms with E-state index in [0.29, 0.717) is 12.0 Å². The van der Waals surface area contributed by atoms with Gasteiger partial charge < -0.3 is 4.90 Å². The van der Waals surface area contributed by atoms with Crippen molar-refractivity contribution in [3.05, 3.63) is 12.3 Å². The average Bonchev–Trinajstić information content (AvgIpc) is 1.87. The van der Waals surface area contributed by atoms with Gasteiger partial charge in [-0.05, 0) is 32.9 Å². The fourth-order valence-electron chi connectivity index (χ4n) is 0.925. The molecule has 0 radical (unpaired) electrons. The van der Waals surface area contributed by atoms with Crippen LogP contribution in [-0.4, -0.2) is 17.5 Å². The van der Waals surface area contributed by atoms with Gasteiger partial charge in [0.2, 0.25) is 0 Å². The molecule has 0 aromatic carbocycles. The Morgan fingerprint density at radius 3 is 2.00 bits per heavy atom. The van der Waals surface area contributed by atoms with Crippen LogP contribution >= 0.6 is 0 Å². The van der Waals surface area contributed by atoms with Crippen molar-refractivity contribution in [2.24, 2.45) is 5.92 Å². The Morgan fingerprint density at radius 1 is 1.18 bits per heavy atom. The van der Waals surface area contributed by atoms with Gasteiger partial charge >= 0.3 is 0 Å². The molecule has 1 nitrogen and oxygen atoms in total. The monoisotopic (exact) mass is 155 g/mol. The third kappa shape index (κ3) is 4.88. The zero-order valence-corrected chi connectivity index (χ0v) is 8.46. The predicted octanol–water partition coefficient (Wildman–Crippen LogP) is 2.89. The van der Waals surface area contributed by atoms with Gasteiger partial charge in [-0.2, -0.15) is 0 Å². The molecule has 0 amide bonds. The first-order chi connectivity index (χ1) is 5.07. The van der Waals surface area contributed by atoms with Crippen molar-refractivity contribution in [1.29, 1.82) is 0 Å². The minimum absolute atomic E-state index is 0.620. The molecule has 0 aliphatic carbocycles. The van der Waals surface area contributed by atoms with E-state index in [0.717, 1.165) is 6.54 Å². The standard InChI is InChI=1S/C10H21N/c1-6-11(10(4)5)8-7-9(2)3/h7-10H,6H2,1-5H3. The molecule has 0 bridgehead atoms. The Kier molecular flexibility index (Phi) is 5.01. The predicted molar refractivity (Wildman–Crippen MR) is 51.5 cm³/mol. The van der Waals surface area contributed by atoms with E-state index in [1.165, 1.54) is 0 Å². The molecule has 0 N–H and O–H groups in total. The molecule has 0 atom stereocenters. The Morgan fingerprint density at radius 2 is 1.73 bits per heavy atom. The molecule has 0 spiro atoms. The summed E-state index contributed by atoms with van der Waals surface area (Å²) in [6, 6.07) is 0.620. The zero-order valence-electron chi connectivity index (χ0n) is 8.46. The SMILES string of the molecule is CCN(C=CC(C)C)C(C)C. The smallest absolute Gasteiger partial charge is 0.0227 e. The van der Waals surface area contributed by atoms with Crippen LogP contribution in [0.4, 0.5) is 0 Å².